The van der Waals surface area contributed by atoms with E-state index in [-0.39, 0.29) is 11.8 Å². The van der Waals surface area contributed by atoms with Gasteiger partial charge in [0, 0.05) is 13.7 Å². The Hall–Kier alpha value is -0.610. The molecule has 13 heavy (non-hydrogen) atoms. The third-order valence-corrected chi connectivity index (χ3v) is 1.62. The molecule has 2 N–H and O–H groups in total. The van der Waals surface area contributed by atoms with Crippen molar-refractivity contribution in [1.82, 2.24) is 5.32 Å². The molecule has 4 heteroatoms. The van der Waals surface area contributed by atoms with Gasteiger partial charge in [0.05, 0.1) is 6.61 Å². The highest BCUT2D eigenvalue weighted by Crippen LogP contribution is 2.01. The van der Waals surface area contributed by atoms with Gasteiger partial charge in [-0.15, -0.1) is 0 Å². The van der Waals surface area contributed by atoms with E-state index >= 15 is 0 Å². The van der Waals surface area contributed by atoms with Crippen molar-refractivity contribution < 1.29 is 14.6 Å². The maximum Gasteiger partial charge on any atom is 0.251 e. The van der Waals surface area contributed by atoms with Gasteiger partial charge in [0.15, 0.2) is 0 Å². The van der Waals surface area contributed by atoms with E-state index < -0.39 is 5.60 Å². The van der Waals surface area contributed by atoms with Crippen LogP contribution in [0.5, 0.6) is 0 Å². The molecule has 0 aliphatic rings. The average molecular weight is 189 g/mol. The Morgan fingerprint density at radius 3 is 2.54 bits per heavy atom. The summed E-state index contributed by atoms with van der Waals surface area (Å²) in [4.78, 5) is 11.2. The quantitative estimate of drug-likeness (QED) is 0.647. The molecule has 0 spiro atoms. The molecule has 78 valence electrons. The maximum absolute atomic E-state index is 11.2. The van der Waals surface area contributed by atoms with Crippen molar-refractivity contribution in [3.8, 4) is 0 Å². The topological polar surface area (TPSA) is 58.6 Å². The van der Waals surface area contributed by atoms with Crippen LogP contribution in [0.2, 0.25) is 0 Å². The summed E-state index contributed by atoms with van der Waals surface area (Å²) in [5.41, 5.74) is -1.30. The molecule has 0 bridgehead atoms. The summed E-state index contributed by atoms with van der Waals surface area (Å²) in [6, 6.07) is 0. The fraction of sp³-hybridized carbons (Fsp3) is 0.889. The fourth-order valence-corrected chi connectivity index (χ4v) is 0.827. The van der Waals surface area contributed by atoms with Crippen LogP contribution in [-0.4, -0.2) is 36.9 Å². The highest BCUT2D eigenvalue weighted by molar-refractivity contribution is 5.83. The van der Waals surface area contributed by atoms with Crippen molar-refractivity contribution in [2.45, 2.75) is 26.4 Å². The van der Waals surface area contributed by atoms with Crippen molar-refractivity contribution >= 4 is 5.91 Å². The van der Waals surface area contributed by atoms with Gasteiger partial charge in [-0.2, -0.15) is 0 Å². The third-order valence-electron chi connectivity index (χ3n) is 1.62. The predicted octanol–water partition coefficient (Wildman–Crippen LogP) is 0.156. The van der Waals surface area contributed by atoms with E-state index in [2.05, 4.69) is 5.32 Å². The Labute approximate surface area is 79.3 Å². The lowest BCUT2D eigenvalue weighted by atomic mass is 10.1. The Morgan fingerprint density at radius 2 is 2.15 bits per heavy atom. The van der Waals surface area contributed by atoms with Gasteiger partial charge >= 0.3 is 0 Å². The first-order valence-corrected chi connectivity index (χ1v) is 4.37. The van der Waals surface area contributed by atoms with Crippen LogP contribution in [0.15, 0.2) is 0 Å². The first kappa shape index (κ1) is 12.4. The molecule has 0 fully saturated rings. The van der Waals surface area contributed by atoms with Gasteiger partial charge in [0.25, 0.3) is 5.91 Å². The van der Waals surface area contributed by atoms with Crippen LogP contribution in [0.1, 0.15) is 20.8 Å². The zero-order chi connectivity index (χ0) is 10.5. The van der Waals surface area contributed by atoms with Crippen LogP contribution < -0.4 is 5.32 Å². The number of carbonyl (C=O) groups excluding carboxylic acids is 1. The first-order chi connectivity index (χ1) is 5.88. The second-order valence-corrected chi connectivity index (χ2v) is 3.83. The molecule has 0 aromatic heterocycles. The summed E-state index contributed by atoms with van der Waals surface area (Å²) in [5, 5.41) is 11.9. The van der Waals surface area contributed by atoms with E-state index in [9.17, 15) is 9.90 Å². The molecule has 0 aliphatic carbocycles. The van der Waals surface area contributed by atoms with Crippen LogP contribution in [0.4, 0.5) is 0 Å². The van der Waals surface area contributed by atoms with Gasteiger partial charge in [0.1, 0.15) is 5.60 Å². The molecule has 1 unspecified atom stereocenters. The average Bonchev–Trinajstić information content (AvgIpc) is 1.99. The standard InChI is InChI=1S/C9H19NO3/c1-7(6-13-4)5-10-8(11)9(2,3)12/h7,12H,5-6H2,1-4H3,(H,10,11). The largest absolute Gasteiger partial charge is 0.384 e. The summed E-state index contributed by atoms with van der Waals surface area (Å²) in [6.07, 6.45) is 0. The normalized spacial score (nSPS) is 13.9. The fourth-order valence-electron chi connectivity index (χ4n) is 0.827. The number of nitrogens with one attached hydrogen (secondary N) is 1. The Balaban J connectivity index is 3.71. The molecule has 0 aromatic carbocycles. The minimum atomic E-state index is -1.30. The zero-order valence-electron chi connectivity index (χ0n) is 8.76. The zero-order valence-corrected chi connectivity index (χ0v) is 8.76. The third kappa shape index (κ3) is 5.60. The number of aliphatic hydroxyl groups is 1. The smallest absolute Gasteiger partial charge is 0.251 e. The molecule has 0 radical (unpaired) electrons. The van der Waals surface area contributed by atoms with E-state index in [0.717, 1.165) is 0 Å². The number of ether oxygens (including phenoxy) is 1. The maximum atomic E-state index is 11.2. The van der Waals surface area contributed by atoms with E-state index in [1.807, 2.05) is 6.92 Å². The highest BCUT2D eigenvalue weighted by atomic mass is 16.5. The summed E-state index contributed by atoms with van der Waals surface area (Å²) >= 11 is 0. The second-order valence-electron chi connectivity index (χ2n) is 3.83. The number of rotatable bonds is 5. The van der Waals surface area contributed by atoms with Gasteiger partial charge in [-0.1, -0.05) is 6.92 Å². The number of amides is 1. The number of hydrogen-bond acceptors (Lipinski definition) is 3. The molecule has 1 atom stereocenters. The van der Waals surface area contributed by atoms with Gasteiger partial charge in [0.2, 0.25) is 0 Å². The van der Waals surface area contributed by atoms with E-state index in [0.29, 0.717) is 13.2 Å². The first-order valence-electron chi connectivity index (χ1n) is 4.37. The summed E-state index contributed by atoms with van der Waals surface area (Å²) in [5.74, 6) is -0.0910. The van der Waals surface area contributed by atoms with Crippen LogP contribution in [-0.2, 0) is 9.53 Å². The van der Waals surface area contributed by atoms with E-state index in [1.165, 1.54) is 13.8 Å². The van der Waals surface area contributed by atoms with Crippen LogP contribution in [0.3, 0.4) is 0 Å². The Kier molecular flexibility index (Phi) is 4.95. The minimum absolute atomic E-state index is 0.260. The molecule has 4 nitrogen and oxygen atoms in total. The van der Waals surface area contributed by atoms with Crippen LogP contribution >= 0.6 is 0 Å². The molecular formula is C9H19NO3. The van der Waals surface area contributed by atoms with Gasteiger partial charge in [-0.05, 0) is 19.8 Å². The number of methoxy groups -OCH3 is 1. The molecule has 0 aromatic rings. The molecule has 0 saturated heterocycles. The molecule has 0 aliphatic heterocycles. The van der Waals surface area contributed by atoms with Crippen molar-refractivity contribution in [2.24, 2.45) is 5.92 Å². The Morgan fingerprint density at radius 1 is 1.62 bits per heavy atom. The van der Waals surface area contributed by atoms with Gasteiger partial charge in [-0.25, -0.2) is 0 Å². The van der Waals surface area contributed by atoms with Gasteiger partial charge in [-0.3, -0.25) is 4.79 Å². The SMILES string of the molecule is COCC(C)CNC(=O)C(C)(C)O. The highest BCUT2D eigenvalue weighted by Gasteiger charge is 2.23. The monoisotopic (exact) mass is 189 g/mol. The van der Waals surface area contributed by atoms with Crippen LogP contribution in [0, 0.1) is 5.92 Å². The van der Waals surface area contributed by atoms with Crippen LogP contribution in [0.25, 0.3) is 0 Å². The van der Waals surface area contributed by atoms with Gasteiger partial charge < -0.3 is 15.2 Å². The summed E-state index contributed by atoms with van der Waals surface area (Å²) < 4.78 is 4.91. The summed E-state index contributed by atoms with van der Waals surface area (Å²) in [6.45, 7) is 6.02. The van der Waals surface area contributed by atoms with Crippen molar-refractivity contribution in [3.63, 3.8) is 0 Å². The molecule has 0 rings (SSSR count). The lowest BCUT2D eigenvalue weighted by molar-refractivity contribution is -0.136. The number of hydrogen-bond donors (Lipinski definition) is 2. The molecular weight excluding hydrogens is 170 g/mol. The van der Waals surface area contributed by atoms with Crippen molar-refractivity contribution in [2.75, 3.05) is 20.3 Å². The predicted molar refractivity (Wildman–Crippen MR) is 50.3 cm³/mol. The Bertz CT molecular complexity index is 163. The second kappa shape index (κ2) is 5.19. The lowest BCUT2D eigenvalue weighted by Gasteiger charge is -2.18. The lowest BCUT2D eigenvalue weighted by Crippen LogP contribution is -2.43. The van der Waals surface area contributed by atoms with E-state index in [1.54, 1.807) is 7.11 Å². The molecule has 0 heterocycles. The van der Waals surface area contributed by atoms with Crippen molar-refractivity contribution in [1.29, 1.82) is 0 Å². The molecule has 0 saturated carbocycles. The van der Waals surface area contributed by atoms with E-state index in [4.69, 9.17) is 4.74 Å². The molecule has 1 amide bonds. The number of carbonyl (C=O) groups is 1. The summed E-state index contributed by atoms with van der Waals surface area (Å²) in [7, 11) is 1.62. The van der Waals surface area contributed by atoms with Crippen molar-refractivity contribution in [3.05, 3.63) is 0 Å². The minimum Gasteiger partial charge on any atom is -0.384 e.